The topological polar surface area (TPSA) is 59.6 Å². The zero-order chi connectivity index (χ0) is 16.6. The molecule has 2 aromatic rings. The van der Waals surface area contributed by atoms with Crippen molar-refractivity contribution >= 4 is 5.91 Å². The third kappa shape index (κ3) is 4.81. The molecule has 5 heteroatoms. The molecule has 1 atom stereocenters. The molecule has 2 N–H and O–H groups in total. The zero-order valence-corrected chi connectivity index (χ0v) is 13.5. The number of para-hydroxylation sites is 2. The van der Waals surface area contributed by atoms with Crippen molar-refractivity contribution in [2.24, 2.45) is 0 Å². The van der Waals surface area contributed by atoms with Crippen LogP contribution < -0.4 is 15.4 Å². The van der Waals surface area contributed by atoms with E-state index in [1.807, 2.05) is 54.6 Å². The predicted molar refractivity (Wildman–Crippen MR) is 92.0 cm³/mol. The van der Waals surface area contributed by atoms with E-state index in [1.165, 1.54) is 0 Å². The number of hydrogen-bond acceptors (Lipinski definition) is 4. The van der Waals surface area contributed by atoms with E-state index in [2.05, 4.69) is 10.6 Å². The van der Waals surface area contributed by atoms with Gasteiger partial charge < -0.3 is 20.1 Å². The highest BCUT2D eigenvalue weighted by Crippen LogP contribution is 2.24. The van der Waals surface area contributed by atoms with Crippen LogP contribution in [-0.2, 0) is 16.1 Å². The van der Waals surface area contributed by atoms with Gasteiger partial charge in [-0.25, -0.2) is 0 Å². The Hall–Kier alpha value is -2.37. The first-order valence-corrected chi connectivity index (χ1v) is 8.21. The van der Waals surface area contributed by atoms with Gasteiger partial charge in [0.05, 0.1) is 19.1 Å². The van der Waals surface area contributed by atoms with Gasteiger partial charge in [-0.3, -0.25) is 4.79 Å². The number of benzene rings is 2. The van der Waals surface area contributed by atoms with Crippen molar-refractivity contribution in [1.29, 1.82) is 0 Å². The van der Waals surface area contributed by atoms with Crippen LogP contribution in [0.15, 0.2) is 54.6 Å². The first kappa shape index (κ1) is 16.5. The van der Waals surface area contributed by atoms with Crippen LogP contribution >= 0.6 is 0 Å². The maximum absolute atomic E-state index is 12.1. The second-order valence-electron chi connectivity index (χ2n) is 5.70. The Kier molecular flexibility index (Phi) is 5.82. The lowest BCUT2D eigenvalue weighted by molar-refractivity contribution is -0.124. The van der Waals surface area contributed by atoms with E-state index >= 15 is 0 Å². The lowest BCUT2D eigenvalue weighted by Gasteiger charge is -2.23. The number of amides is 1. The highest BCUT2D eigenvalue weighted by molar-refractivity contribution is 5.76. The van der Waals surface area contributed by atoms with Crippen molar-refractivity contribution in [3.8, 4) is 11.5 Å². The van der Waals surface area contributed by atoms with Crippen molar-refractivity contribution in [2.45, 2.75) is 19.1 Å². The fraction of sp³-hybridized carbons (Fsp3) is 0.316. The predicted octanol–water partition coefficient (Wildman–Crippen LogP) is 2.47. The van der Waals surface area contributed by atoms with Crippen LogP contribution in [0.5, 0.6) is 11.5 Å². The Bertz CT molecular complexity index is 655. The van der Waals surface area contributed by atoms with Crippen LogP contribution in [0.3, 0.4) is 0 Å². The van der Waals surface area contributed by atoms with Crippen LogP contribution in [0.25, 0.3) is 0 Å². The summed E-state index contributed by atoms with van der Waals surface area (Å²) in [6.45, 7) is 2.66. The molecule has 0 saturated carbocycles. The van der Waals surface area contributed by atoms with Gasteiger partial charge in [0.25, 0.3) is 0 Å². The fourth-order valence-electron chi connectivity index (χ4n) is 2.59. The average Bonchev–Trinajstić information content (AvgIpc) is 2.63. The summed E-state index contributed by atoms with van der Waals surface area (Å²) in [5.74, 6) is 1.51. The average molecular weight is 326 g/mol. The Balaban J connectivity index is 1.55. The minimum Gasteiger partial charge on any atom is -0.457 e. The number of rotatable bonds is 6. The largest absolute Gasteiger partial charge is 0.457 e. The van der Waals surface area contributed by atoms with Gasteiger partial charge in [0, 0.05) is 25.2 Å². The monoisotopic (exact) mass is 326 g/mol. The number of carbonyl (C=O) groups is 1. The second kappa shape index (κ2) is 8.47. The summed E-state index contributed by atoms with van der Waals surface area (Å²) in [5.41, 5.74) is 0.942. The maximum atomic E-state index is 12.1. The van der Waals surface area contributed by atoms with Gasteiger partial charge in [0.15, 0.2) is 0 Å². The summed E-state index contributed by atoms with van der Waals surface area (Å²) in [5, 5.41) is 6.17. The first-order chi connectivity index (χ1) is 11.8. The molecule has 0 aliphatic carbocycles. The van der Waals surface area contributed by atoms with Gasteiger partial charge in [-0.1, -0.05) is 36.4 Å². The highest BCUT2D eigenvalue weighted by Gasteiger charge is 2.17. The molecule has 0 unspecified atom stereocenters. The SMILES string of the molecule is O=C(C[C@@H]1CNCCO1)NCc1ccccc1Oc1ccccc1. The summed E-state index contributed by atoms with van der Waals surface area (Å²) < 4.78 is 11.5. The number of nitrogens with one attached hydrogen (secondary N) is 2. The van der Waals surface area contributed by atoms with Gasteiger partial charge in [-0.05, 0) is 18.2 Å². The molecule has 2 aromatic carbocycles. The summed E-state index contributed by atoms with van der Waals surface area (Å²) in [7, 11) is 0. The molecule has 1 amide bonds. The normalized spacial score (nSPS) is 17.2. The number of morpholine rings is 1. The quantitative estimate of drug-likeness (QED) is 0.856. The van der Waals surface area contributed by atoms with E-state index in [0.717, 1.165) is 30.2 Å². The summed E-state index contributed by atoms with van der Waals surface area (Å²) >= 11 is 0. The van der Waals surface area contributed by atoms with Gasteiger partial charge >= 0.3 is 0 Å². The highest BCUT2D eigenvalue weighted by atomic mass is 16.5. The van der Waals surface area contributed by atoms with Crippen molar-refractivity contribution in [1.82, 2.24) is 10.6 Å². The molecule has 0 bridgehead atoms. The third-order valence-electron chi connectivity index (χ3n) is 3.84. The van der Waals surface area contributed by atoms with E-state index in [4.69, 9.17) is 9.47 Å². The number of ether oxygens (including phenoxy) is 2. The van der Waals surface area contributed by atoms with Gasteiger partial charge in [-0.15, -0.1) is 0 Å². The molecule has 24 heavy (non-hydrogen) atoms. The van der Waals surface area contributed by atoms with Crippen LogP contribution in [0.4, 0.5) is 0 Å². The smallest absolute Gasteiger partial charge is 0.222 e. The van der Waals surface area contributed by atoms with E-state index in [-0.39, 0.29) is 12.0 Å². The fourth-order valence-corrected chi connectivity index (χ4v) is 2.59. The Labute approximate surface area is 142 Å². The van der Waals surface area contributed by atoms with Gasteiger partial charge in [0.2, 0.25) is 5.91 Å². The molecule has 126 valence electrons. The molecular weight excluding hydrogens is 304 g/mol. The molecule has 1 saturated heterocycles. The van der Waals surface area contributed by atoms with E-state index in [1.54, 1.807) is 0 Å². The minimum absolute atomic E-state index is 0.0155. The van der Waals surface area contributed by atoms with Crippen molar-refractivity contribution < 1.29 is 14.3 Å². The Morgan fingerprint density at radius 3 is 2.75 bits per heavy atom. The lowest BCUT2D eigenvalue weighted by atomic mass is 10.2. The second-order valence-corrected chi connectivity index (χ2v) is 5.70. The van der Waals surface area contributed by atoms with E-state index < -0.39 is 0 Å². The van der Waals surface area contributed by atoms with Crippen molar-refractivity contribution in [3.05, 3.63) is 60.2 Å². The summed E-state index contributed by atoms with van der Waals surface area (Å²) in [6.07, 6.45) is 0.323. The van der Waals surface area contributed by atoms with E-state index in [9.17, 15) is 4.79 Å². The third-order valence-corrected chi connectivity index (χ3v) is 3.84. The molecule has 0 aromatic heterocycles. The molecule has 1 aliphatic rings. The van der Waals surface area contributed by atoms with Crippen LogP contribution in [-0.4, -0.2) is 31.7 Å². The molecule has 3 rings (SSSR count). The van der Waals surface area contributed by atoms with Gasteiger partial charge in [-0.2, -0.15) is 0 Å². The molecule has 1 aliphatic heterocycles. The van der Waals surface area contributed by atoms with Gasteiger partial charge in [0.1, 0.15) is 11.5 Å². The number of carbonyl (C=O) groups excluding carboxylic acids is 1. The Morgan fingerprint density at radius 2 is 1.96 bits per heavy atom. The van der Waals surface area contributed by atoms with Crippen molar-refractivity contribution in [2.75, 3.05) is 19.7 Å². The minimum atomic E-state index is -0.0467. The zero-order valence-electron chi connectivity index (χ0n) is 13.5. The molecule has 5 nitrogen and oxygen atoms in total. The first-order valence-electron chi connectivity index (χ1n) is 8.21. The number of hydrogen-bond donors (Lipinski definition) is 2. The standard InChI is InChI=1S/C19H22N2O3/c22-19(12-17-14-20-10-11-23-17)21-13-15-6-4-5-9-18(15)24-16-7-2-1-3-8-16/h1-9,17,20H,10-14H2,(H,21,22)/t17-/m1/s1. The van der Waals surface area contributed by atoms with Crippen LogP contribution in [0.2, 0.25) is 0 Å². The lowest BCUT2D eigenvalue weighted by Crippen LogP contribution is -2.41. The van der Waals surface area contributed by atoms with Crippen molar-refractivity contribution in [3.63, 3.8) is 0 Å². The van der Waals surface area contributed by atoms with E-state index in [0.29, 0.717) is 19.6 Å². The molecular formula is C19H22N2O3. The molecule has 1 heterocycles. The maximum Gasteiger partial charge on any atom is 0.222 e. The Morgan fingerprint density at radius 1 is 1.17 bits per heavy atom. The molecule has 0 spiro atoms. The molecule has 1 fully saturated rings. The molecule has 0 radical (unpaired) electrons. The summed E-state index contributed by atoms with van der Waals surface area (Å²) in [4.78, 5) is 12.1. The van der Waals surface area contributed by atoms with Crippen LogP contribution in [0.1, 0.15) is 12.0 Å². The van der Waals surface area contributed by atoms with Crippen LogP contribution in [0, 0.1) is 0 Å². The summed E-state index contributed by atoms with van der Waals surface area (Å²) in [6, 6.07) is 17.3.